The maximum atomic E-state index is 13.0. The number of ether oxygens (including phenoxy) is 2. The Balaban J connectivity index is 2.73. The highest BCUT2D eigenvalue weighted by Crippen LogP contribution is 2.49. The number of allylic oxidation sites excluding steroid dienone is 7. The first-order chi connectivity index (χ1) is 30.9. The van der Waals surface area contributed by atoms with Crippen LogP contribution in [0.3, 0.4) is 0 Å². The molecule has 10 atom stereocenters. The van der Waals surface area contributed by atoms with Crippen molar-refractivity contribution in [3.05, 3.63) is 60.8 Å². The largest absolute Gasteiger partial charge is 0.472 e. The summed E-state index contributed by atoms with van der Waals surface area (Å²) in [5, 5.41) is 61.5. The molecular formula is C45H78O18P2. The van der Waals surface area contributed by atoms with Gasteiger partial charge in [0.05, 0.1) is 18.8 Å². The van der Waals surface area contributed by atoms with Crippen molar-refractivity contribution in [3.63, 3.8) is 0 Å². The molecule has 0 aromatic heterocycles. The zero-order valence-corrected chi connectivity index (χ0v) is 39.9. The molecule has 0 aliphatic heterocycles. The second-order valence-corrected chi connectivity index (χ2v) is 18.8. The van der Waals surface area contributed by atoms with E-state index in [1.165, 1.54) is 38.2 Å². The van der Waals surface area contributed by atoms with E-state index in [0.717, 1.165) is 57.8 Å². The summed E-state index contributed by atoms with van der Waals surface area (Å²) in [7, 11) is -10.8. The third kappa shape index (κ3) is 30.6. The number of hydrogen-bond donors (Lipinski definition) is 9. The average molecular weight is 969 g/mol. The Morgan fingerprint density at radius 3 is 1.69 bits per heavy atom. The predicted octanol–water partition coefficient (Wildman–Crippen LogP) is 6.22. The summed E-state index contributed by atoms with van der Waals surface area (Å²) in [6, 6.07) is 0. The molecule has 1 fully saturated rings. The molecule has 1 aliphatic carbocycles. The van der Waals surface area contributed by atoms with Crippen LogP contribution in [0.1, 0.15) is 142 Å². The zero-order chi connectivity index (χ0) is 48.5. The number of carbonyl (C=O) groups excluding carboxylic acids is 2. The van der Waals surface area contributed by atoms with Crippen LogP contribution < -0.4 is 0 Å². The van der Waals surface area contributed by atoms with E-state index in [1.54, 1.807) is 30.4 Å². The van der Waals surface area contributed by atoms with Gasteiger partial charge in [-0.05, 0) is 64.2 Å². The summed E-state index contributed by atoms with van der Waals surface area (Å²) >= 11 is 0. The molecule has 0 amide bonds. The van der Waals surface area contributed by atoms with Crippen molar-refractivity contribution in [3.8, 4) is 0 Å². The third-order valence-corrected chi connectivity index (χ3v) is 11.8. The molecule has 0 saturated heterocycles. The van der Waals surface area contributed by atoms with Crippen LogP contribution in [0.4, 0.5) is 0 Å². The van der Waals surface area contributed by atoms with E-state index in [1.807, 2.05) is 6.08 Å². The van der Waals surface area contributed by atoms with Crippen molar-refractivity contribution in [1.82, 2.24) is 0 Å². The summed E-state index contributed by atoms with van der Waals surface area (Å²) < 4.78 is 49.1. The molecule has 1 rings (SSSR count). The summed E-state index contributed by atoms with van der Waals surface area (Å²) in [6.45, 7) is 2.79. The summed E-state index contributed by atoms with van der Waals surface area (Å²) in [5.41, 5.74) is 0. The lowest BCUT2D eigenvalue weighted by Crippen LogP contribution is -2.64. The van der Waals surface area contributed by atoms with E-state index in [2.05, 4.69) is 36.6 Å². The number of unbranched alkanes of at least 4 members (excludes halogenated alkanes) is 12. The van der Waals surface area contributed by atoms with Gasteiger partial charge in [0, 0.05) is 12.8 Å². The minimum atomic E-state index is -5.39. The summed E-state index contributed by atoms with van der Waals surface area (Å²) in [5.74, 6) is -1.46. The number of esters is 2. The monoisotopic (exact) mass is 968 g/mol. The topological polar surface area (TPSA) is 296 Å². The Morgan fingerprint density at radius 2 is 1.08 bits per heavy atom. The van der Waals surface area contributed by atoms with Gasteiger partial charge in [-0.2, -0.15) is 0 Å². The van der Waals surface area contributed by atoms with Gasteiger partial charge < -0.3 is 54.8 Å². The van der Waals surface area contributed by atoms with E-state index in [0.29, 0.717) is 12.8 Å². The highest BCUT2D eigenvalue weighted by Gasteiger charge is 2.54. The number of rotatable bonds is 37. The average Bonchev–Trinajstić information content (AvgIpc) is 3.25. The molecule has 0 aromatic carbocycles. The zero-order valence-electron chi connectivity index (χ0n) is 38.1. The van der Waals surface area contributed by atoms with Gasteiger partial charge >= 0.3 is 27.6 Å². The van der Waals surface area contributed by atoms with Crippen LogP contribution in [0, 0.1) is 0 Å². The second kappa shape index (κ2) is 35.7. The number of hydrogen-bond acceptors (Lipinski definition) is 15. The van der Waals surface area contributed by atoms with Crippen LogP contribution in [0.2, 0.25) is 0 Å². The minimum Gasteiger partial charge on any atom is -0.462 e. The van der Waals surface area contributed by atoms with Gasteiger partial charge in [-0.1, -0.05) is 126 Å². The van der Waals surface area contributed by atoms with Gasteiger partial charge in [0.2, 0.25) is 0 Å². The fourth-order valence-electron chi connectivity index (χ4n) is 6.57. The van der Waals surface area contributed by atoms with E-state index in [9.17, 15) is 54.3 Å². The van der Waals surface area contributed by atoms with Crippen LogP contribution >= 0.6 is 15.6 Å². The van der Waals surface area contributed by atoms with Gasteiger partial charge in [-0.3, -0.25) is 23.2 Å². The molecule has 0 spiro atoms. The number of phosphoric acid groups is 2. The highest BCUT2D eigenvalue weighted by molar-refractivity contribution is 7.47. The number of phosphoric ester groups is 2. The SMILES string of the molecule is CCCCC/C=C\C[C@@H](O)/C=C/C=C/C=C\[C@@H](O)CCCC(=O)OC[C@H](COP(=O)(O)O[C@H]1C(O)C(O)C(O)[C@@H](OP(=O)(O)O)C1O)OC(=O)CCCCCCC/C=C\CCCCCC. The van der Waals surface area contributed by atoms with Gasteiger partial charge in [0.15, 0.2) is 6.10 Å². The van der Waals surface area contributed by atoms with Crippen LogP contribution in [0.5, 0.6) is 0 Å². The lowest BCUT2D eigenvalue weighted by atomic mass is 9.85. The minimum absolute atomic E-state index is 0.0211. The first-order valence-electron chi connectivity index (χ1n) is 23.1. The van der Waals surface area contributed by atoms with Gasteiger partial charge in [0.1, 0.15) is 43.2 Å². The van der Waals surface area contributed by atoms with Crippen molar-refractivity contribution < 1.29 is 87.1 Å². The molecule has 18 nitrogen and oxygen atoms in total. The molecule has 376 valence electrons. The predicted molar refractivity (Wildman–Crippen MR) is 244 cm³/mol. The molecule has 1 aliphatic rings. The quantitative estimate of drug-likeness (QED) is 0.0110. The van der Waals surface area contributed by atoms with Crippen molar-refractivity contribution in [2.45, 2.75) is 197 Å². The third-order valence-electron chi connectivity index (χ3n) is 10.3. The van der Waals surface area contributed by atoms with Crippen LogP contribution in [-0.4, -0.2) is 125 Å². The smallest absolute Gasteiger partial charge is 0.462 e. The molecule has 0 heterocycles. The van der Waals surface area contributed by atoms with E-state index < -0.39 is 95.7 Å². The van der Waals surface area contributed by atoms with E-state index in [-0.39, 0.29) is 25.7 Å². The fourth-order valence-corrected chi connectivity index (χ4v) is 8.10. The molecule has 0 bridgehead atoms. The normalized spacial score (nSPS) is 23.2. The first-order valence-corrected chi connectivity index (χ1v) is 26.1. The molecule has 0 radical (unpaired) electrons. The Labute approximate surface area is 384 Å². The Kier molecular flexibility index (Phi) is 33.3. The summed E-state index contributed by atoms with van der Waals surface area (Å²) in [6.07, 6.45) is 18.0. The van der Waals surface area contributed by atoms with Crippen molar-refractivity contribution >= 4 is 27.6 Å². The molecule has 1 saturated carbocycles. The maximum Gasteiger partial charge on any atom is 0.472 e. The number of aliphatic hydroxyl groups excluding tert-OH is 6. The van der Waals surface area contributed by atoms with Gasteiger partial charge in [-0.15, -0.1) is 0 Å². The maximum absolute atomic E-state index is 13.0. The molecule has 0 aromatic rings. The van der Waals surface area contributed by atoms with Crippen LogP contribution in [-0.2, 0) is 41.8 Å². The van der Waals surface area contributed by atoms with Crippen molar-refractivity contribution in [2.75, 3.05) is 13.2 Å². The van der Waals surface area contributed by atoms with Gasteiger partial charge in [-0.25, -0.2) is 9.13 Å². The molecular weight excluding hydrogens is 890 g/mol. The first kappa shape index (κ1) is 60.6. The lowest BCUT2D eigenvalue weighted by molar-refractivity contribution is -0.216. The number of aliphatic hydroxyl groups is 6. The van der Waals surface area contributed by atoms with E-state index in [4.69, 9.17) is 28.3 Å². The van der Waals surface area contributed by atoms with Gasteiger partial charge in [0.25, 0.3) is 0 Å². The molecule has 9 N–H and O–H groups in total. The molecule has 20 heteroatoms. The molecule has 5 unspecified atom stereocenters. The number of carbonyl (C=O) groups is 2. The summed E-state index contributed by atoms with van der Waals surface area (Å²) in [4.78, 5) is 54.2. The second-order valence-electron chi connectivity index (χ2n) is 16.2. The van der Waals surface area contributed by atoms with Crippen molar-refractivity contribution in [2.24, 2.45) is 0 Å². The van der Waals surface area contributed by atoms with E-state index >= 15 is 0 Å². The van der Waals surface area contributed by atoms with Crippen molar-refractivity contribution in [1.29, 1.82) is 0 Å². The van der Waals surface area contributed by atoms with Crippen LogP contribution in [0.15, 0.2) is 60.8 Å². The Bertz CT molecular complexity index is 1530. The highest BCUT2D eigenvalue weighted by atomic mass is 31.2. The van der Waals surface area contributed by atoms with Crippen LogP contribution in [0.25, 0.3) is 0 Å². The lowest BCUT2D eigenvalue weighted by Gasteiger charge is -2.43. The standard InChI is InChI=1S/C45H78O18P2/c1-3-5-7-9-11-12-13-14-15-16-17-19-25-31-39(49)61-37(34-60-65(57,58)63-45-42(52)40(50)41(51)44(43(45)53)62-64(54,55)56)33-59-38(48)32-26-30-36(47)29-24-21-20-23-28-35(46)27-22-18-10-8-6-4-2/h12-13,18,20-24,28-29,35-37,40-47,50-53H,3-11,14-17,19,25-27,30-34H2,1-2H3,(H,57,58)(H2,54,55,56)/b13-12-,21-20+,22-18-,28-23+,29-24-/t35-,36-,37-,40?,41?,42?,43?,44-,45+/m1/s1. The molecule has 65 heavy (non-hydrogen) atoms. The Morgan fingerprint density at radius 1 is 0.569 bits per heavy atom. The fraction of sp³-hybridized carbons (Fsp3) is 0.733. The Hall–Kier alpha value is -2.38.